The molecule has 0 bridgehead atoms. The molecule has 0 spiro atoms. The Kier molecular flexibility index (Phi) is 5.82. The maximum atomic E-state index is 12.7. The number of hydrogen-bond donors (Lipinski definition) is 0. The summed E-state index contributed by atoms with van der Waals surface area (Å²) in [6.07, 6.45) is 0. The molecule has 0 aliphatic heterocycles. The fraction of sp³-hybridized carbons (Fsp3) is 0.174. The summed E-state index contributed by atoms with van der Waals surface area (Å²) in [6.45, 7) is 3.98. The Balaban J connectivity index is 1.52. The summed E-state index contributed by atoms with van der Waals surface area (Å²) < 4.78 is 1.62. The SMILES string of the molecule is Cc1sc2nc(SCc3ccc(C(=O)c4ccc(Cl)cc4)cc3)n(C)c(=O)c2c1C. The van der Waals surface area contributed by atoms with Crippen LogP contribution in [0.1, 0.15) is 31.9 Å². The average molecular weight is 455 g/mol. The van der Waals surface area contributed by atoms with E-state index in [4.69, 9.17) is 16.6 Å². The van der Waals surface area contributed by atoms with E-state index >= 15 is 0 Å². The first-order valence-corrected chi connectivity index (χ1v) is 11.5. The number of rotatable bonds is 5. The first kappa shape index (κ1) is 20.8. The van der Waals surface area contributed by atoms with Crippen LogP contribution in [-0.4, -0.2) is 15.3 Å². The quantitative estimate of drug-likeness (QED) is 0.217. The molecule has 0 aliphatic rings. The van der Waals surface area contributed by atoms with Crippen LogP contribution in [0.3, 0.4) is 0 Å². The van der Waals surface area contributed by atoms with Crippen molar-refractivity contribution in [2.75, 3.05) is 0 Å². The lowest BCUT2D eigenvalue weighted by molar-refractivity contribution is 0.103. The zero-order valence-corrected chi connectivity index (χ0v) is 19.1. The largest absolute Gasteiger partial charge is 0.290 e. The van der Waals surface area contributed by atoms with Gasteiger partial charge in [0.05, 0.1) is 5.39 Å². The van der Waals surface area contributed by atoms with Crippen LogP contribution in [0.2, 0.25) is 5.02 Å². The predicted octanol–water partition coefficient (Wildman–Crippen LogP) is 5.79. The summed E-state index contributed by atoms with van der Waals surface area (Å²) in [5.74, 6) is 0.619. The third-order valence-electron chi connectivity index (χ3n) is 5.06. The summed E-state index contributed by atoms with van der Waals surface area (Å²) >= 11 is 8.96. The van der Waals surface area contributed by atoms with E-state index < -0.39 is 0 Å². The molecule has 2 aromatic heterocycles. The Morgan fingerprint density at radius 3 is 2.30 bits per heavy atom. The molecule has 0 saturated carbocycles. The zero-order chi connectivity index (χ0) is 21.4. The standard InChI is InChI=1S/C23H19ClN2O2S2/c1-13-14(2)30-21-19(13)22(28)26(3)23(25-21)29-12-15-4-6-16(7-5-15)20(27)17-8-10-18(24)11-9-17/h4-11H,12H2,1-3H3. The number of hydrogen-bond acceptors (Lipinski definition) is 5. The van der Waals surface area contributed by atoms with Crippen LogP contribution in [0, 0.1) is 13.8 Å². The number of thiophene rings is 1. The van der Waals surface area contributed by atoms with Crippen molar-refractivity contribution in [1.29, 1.82) is 0 Å². The predicted molar refractivity (Wildman–Crippen MR) is 125 cm³/mol. The maximum absolute atomic E-state index is 12.7. The minimum atomic E-state index is -0.0381. The van der Waals surface area contributed by atoms with Gasteiger partial charge >= 0.3 is 0 Å². The molecule has 0 amide bonds. The van der Waals surface area contributed by atoms with Crippen molar-refractivity contribution >= 4 is 50.7 Å². The van der Waals surface area contributed by atoms with E-state index in [1.54, 1.807) is 47.2 Å². The second-order valence-corrected chi connectivity index (χ2v) is 9.63. The van der Waals surface area contributed by atoms with E-state index in [9.17, 15) is 9.59 Å². The molecule has 152 valence electrons. The highest BCUT2D eigenvalue weighted by molar-refractivity contribution is 7.98. The Morgan fingerprint density at radius 1 is 1.07 bits per heavy atom. The highest BCUT2D eigenvalue weighted by Crippen LogP contribution is 2.29. The fourth-order valence-electron chi connectivity index (χ4n) is 3.15. The monoisotopic (exact) mass is 454 g/mol. The summed E-state index contributed by atoms with van der Waals surface area (Å²) in [5, 5.41) is 2.01. The lowest BCUT2D eigenvalue weighted by atomic mass is 10.0. The van der Waals surface area contributed by atoms with Gasteiger partial charge in [0.2, 0.25) is 0 Å². The summed E-state index contributed by atoms with van der Waals surface area (Å²) in [6, 6.07) is 14.4. The number of benzene rings is 2. The van der Waals surface area contributed by atoms with Gasteiger partial charge in [-0.3, -0.25) is 14.2 Å². The highest BCUT2D eigenvalue weighted by Gasteiger charge is 2.15. The van der Waals surface area contributed by atoms with Crippen LogP contribution in [0.5, 0.6) is 0 Å². The number of thioether (sulfide) groups is 1. The first-order chi connectivity index (χ1) is 14.3. The lowest BCUT2D eigenvalue weighted by Gasteiger charge is -2.08. The number of carbonyl (C=O) groups excluding carboxylic acids is 1. The second-order valence-electron chi connectivity index (χ2n) is 7.04. The summed E-state index contributed by atoms with van der Waals surface area (Å²) in [5.41, 5.74) is 3.30. The van der Waals surface area contributed by atoms with E-state index in [-0.39, 0.29) is 11.3 Å². The van der Waals surface area contributed by atoms with Crippen molar-refractivity contribution in [3.8, 4) is 0 Å². The van der Waals surface area contributed by atoms with Crippen LogP contribution in [0.25, 0.3) is 10.2 Å². The molecule has 0 unspecified atom stereocenters. The number of fused-ring (bicyclic) bond motifs is 1. The van der Waals surface area contributed by atoms with Gasteiger partial charge in [-0.05, 0) is 49.2 Å². The Labute approximate surface area is 187 Å². The molecule has 2 aromatic carbocycles. The maximum Gasteiger partial charge on any atom is 0.262 e. The molecular formula is C23H19ClN2O2S2. The number of aromatic nitrogens is 2. The molecule has 4 rings (SSSR count). The molecule has 0 fully saturated rings. The third-order valence-corrected chi connectivity index (χ3v) is 7.51. The van der Waals surface area contributed by atoms with Crippen LogP contribution in [-0.2, 0) is 12.8 Å². The highest BCUT2D eigenvalue weighted by atomic mass is 35.5. The first-order valence-electron chi connectivity index (χ1n) is 9.34. The van der Waals surface area contributed by atoms with Gasteiger partial charge in [0.25, 0.3) is 5.56 Å². The van der Waals surface area contributed by atoms with Crippen molar-refractivity contribution in [1.82, 2.24) is 9.55 Å². The molecule has 0 saturated heterocycles. The molecule has 7 heteroatoms. The van der Waals surface area contributed by atoms with Crippen molar-refractivity contribution in [2.45, 2.75) is 24.8 Å². The van der Waals surface area contributed by atoms with Gasteiger partial charge < -0.3 is 0 Å². The molecule has 0 atom stereocenters. The zero-order valence-electron chi connectivity index (χ0n) is 16.7. The Bertz CT molecular complexity index is 1310. The van der Waals surface area contributed by atoms with Gasteiger partial charge in [0.15, 0.2) is 10.9 Å². The lowest BCUT2D eigenvalue weighted by Crippen LogP contribution is -2.19. The molecule has 4 aromatic rings. The molecule has 0 radical (unpaired) electrons. The Morgan fingerprint density at radius 2 is 1.67 bits per heavy atom. The van der Waals surface area contributed by atoms with E-state index in [1.807, 2.05) is 38.1 Å². The minimum absolute atomic E-state index is 0.00624. The molecule has 30 heavy (non-hydrogen) atoms. The number of aryl methyl sites for hydroxylation is 2. The third kappa shape index (κ3) is 3.95. The van der Waals surface area contributed by atoms with Crippen molar-refractivity contribution in [3.63, 3.8) is 0 Å². The van der Waals surface area contributed by atoms with Gasteiger partial charge in [-0.2, -0.15) is 0 Å². The van der Waals surface area contributed by atoms with Crippen LogP contribution < -0.4 is 5.56 Å². The van der Waals surface area contributed by atoms with E-state index in [0.29, 0.717) is 27.1 Å². The van der Waals surface area contributed by atoms with Crippen LogP contribution >= 0.6 is 34.7 Å². The van der Waals surface area contributed by atoms with Gasteiger partial charge in [0, 0.05) is 33.8 Å². The van der Waals surface area contributed by atoms with E-state index in [2.05, 4.69) is 0 Å². The minimum Gasteiger partial charge on any atom is -0.290 e. The number of halogens is 1. The Hall–Kier alpha value is -2.41. The summed E-state index contributed by atoms with van der Waals surface area (Å²) in [4.78, 5) is 31.9. The molecular weight excluding hydrogens is 436 g/mol. The molecule has 0 aliphatic carbocycles. The number of nitrogens with zero attached hydrogens (tertiary/aromatic N) is 2. The molecule has 4 nitrogen and oxygen atoms in total. The molecule has 2 heterocycles. The van der Waals surface area contributed by atoms with Gasteiger partial charge in [-0.15, -0.1) is 11.3 Å². The fourth-order valence-corrected chi connectivity index (χ4v) is 5.28. The van der Waals surface area contributed by atoms with Crippen molar-refractivity contribution in [3.05, 3.63) is 91.0 Å². The average Bonchev–Trinajstić information content (AvgIpc) is 3.03. The van der Waals surface area contributed by atoms with Crippen molar-refractivity contribution in [2.24, 2.45) is 7.05 Å². The van der Waals surface area contributed by atoms with E-state index in [1.165, 1.54) is 11.8 Å². The van der Waals surface area contributed by atoms with Gasteiger partial charge in [0.1, 0.15) is 4.83 Å². The van der Waals surface area contributed by atoms with E-state index in [0.717, 1.165) is 26.2 Å². The number of ketones is 1. The second kappa shape index (κ2) is 8.38. The van der Waals surface area contributed by atoms with Crippen molar-refractivity contribution < 1.29 is 4.79 Å². The van der Waals surface area contributed by atoms with Crippen LogP contribution in [0.4, 0.5) is 0 Å². The van der Waals surface area contributed by atoms with Crippen LogP contribution in [0.15, 0.2) is 58.5 Å². The normalized spacial score (nSPS) is 11.2. The number of carbonyl (C=O) groups is 1. The topological polar surface area (TPSA) is 52.0 Å². The molecule has 0 N–H and O–H groups in total. The summed E-state index contributed by atoms with van der Waals surface area (Å²) in [7, 11) is 1.76. The van der Waals surface area contributed by atoms with Gasteiger partial charge in [-0.1, -0.05) is 47.6 Å². The smallest absolute Gasteiger partial charge is 0.262 e. The van der Waals surface area contributed by atoms with Gasteiger partial charge in [-0.25, -0.2) is 4.98 Å².